The molecule has 4 bridgehead atoms. The van der Waals surface area contributed by atoms with Crippen molar-refractivity contribution >= 4 is 9.84 Å². The number of quaternary nitrogens is 1. The van der Waals surface area contributed by atoms with Gasteiger partial charge in [0.15, 0.2) is 9.84 Å². The van der Waals surface area contributed by atoms with E-state index in [1.807, 2.05) is 12.1 Å². The summed E-state index contributed by atoms with van der Waals surface area (Å²) in [7, 11) is -3.07. The molecule has 2 heterocycles. The molecule has 216 valence electrons. The van der Waals surface area contributed by atoms with Crippen molar-refractivity contribution in [1.29, 1.82) is 0 Å². The molecule has 39 heavy (non-hydrogen) atoms. The van der Waals surface area contributed by atoms with Crippen LogP contribution in [-0.4, -0.2) is 62.4 Å². The molecule has 1 aromatic carbocycles. The highest BCUT2D eigenvalue weighted by atomic mass is 32.2. The fourth-order valence-electron chi connectivity index (χ4n) is 9.02. The molecule has 5 aliphatic carbocycles. The highest BCUT2D eigenvalue weighted by molar-refractivity contribution is 7.91. The molecule has 0 N–H and O–H groups in total. The summed E-state index contributed by atoms with van der Waals surface area (Å²) in [6, 6.07) is 8.28. The topological polar surface area (TPSA) is 94.1 Å². The number of ether oxygens (including phenoxy) is 2. The van der Waals surface area contributed by atoms with Crippen molar-refractivity contribution in [2.45, 2.75) is 93.4 Å². The van der Waals surface area contributed by atoms with Gasteiger partial charge in [-0.05, 0) is 80.4 Å². The second kappa shape index (κ2) is 9.66. The number of hydrogen-bond acceptors (Lipinski definition) is 7. The van der Waals surface area contributed by atoms with E-state index in [-0.39, 0.29) is 9.90 Å². The number of hydroxylamine groups is 3. The van der Waals surface area contributed by atoms with E-state index >= 15 is 0 Å². The summed E-state index contributed by atoms with van der Waals surface area (Å²) in [5, 5.41) is 12.6. The van der Waals surface area contributed by atoms with E-state index < -0.39 is 21.4 Å². The number of piperidine rings is 1. The van der Waals surface area contributed by atoms with E-state index in [1.165, 1.54) is 43.9 Å². The molecular formula is C30H43NO7S. The second-order valence-electron chi connectivity index (χ2n) is 13.7. The Labute approximate surface area is 232 Å². The van der Waals surface area contributed by atoms with Gasteiger partial charge in [0.1, 0.15) is 18.9 Å². The Morgan fingerprint density at radius 2 is 1.54 bits per heavy atom. The summed E-state index contributed by atoms with van der Waals surface area (Å²) >= 11 is 0. The summed E-state index contributed by atoms with van der Waals surface area (Å²) in [6.07, 6.45) is 12.2. The maximum atomic E-state index is 13.0. The molecule has 0 amide bonds. The lowest BCUT2D eigenvalue weighted by molar-refractivity contribution is -0.885. The Balaban J connectivity index is 0.892. The average Bonchev–Trinajstić information content (AvgIpc) is 3.27. The van der Waals surface area contributed by atoms with Crippen LogP contribution in [0, 0.1) is 28.9 Å². The van der Waals surface area contributed by atoms with Crippen LogP contribution in [0.15, 0.2) is 24.3 Å². The summed E-state index contributed by atoms with van der Waals surface area (Å²) < 4.78 is 35.9. The Bertz CT molecular complexity index is 1120. The average molecular weight is 562 g/mol. The lowest BCUT2D eigenvalue weighted by Gasteiger charge is -2.57. The number of rotatable bonds is 6. The van der Waals surface area contributed by atoms with E-state index in [2.05, 4.69) is 12.1 Å². The van der Waals surface area contributed by atoms with Crippen molar-refractivity contribution in [3.63, 3.8) is 0 Å². The zero-order valence-corrected chi connectivity index (χ0v) is 23.9. The normalized spacial score (nSPS) is 45.3. The van der Waals surface area contributed by atoms with Crippen molar-refractivity contribution in [1.82, 2.24) is 0 Å². The van der Waals surface area contributed by atoms with Crippen LogP contribution in [-0.2, 0) is 24.3 Å². The zero-order valence-electron chi connectivity index (χ0n) is 23.1. The Morgan fingerprint density at radius 1 is 0.923 bits per heavy atom. The molecular weight excluding hydrogens is 518 g/mol. The monoisotopic (exact) mass is 561 g/mol. The first kappa shape index (κ1) is 26.7. The van der Waals surface area contributed by atoms with Crippen LogP contribution in [0.2, 0.25) is 0 Å². The van der Waals surface area contributed by atoms with Crippen LogP contribution < -0.4 is 4.74 Å². The molecule has 1 aromatic rings. The largest absolute Gasteiger partial charge is 0.633 e. The van der Waals surface area contributed by atoms with Gasteiger partial charge in [0.05, 0.1) is 18.3 Å². The summed E-state index contributed by atoms with van der Waals surface area (Å²) in [6.45, 7) is 1.35. The minimum atomic E-state index is -3.07. The van der Waals surface area contributed by atoms with E-state index in [0.717, 1.165) is 43.3 Å². The quantitative estimate of drug-likeness (QED) is 0.272. The lowest BCUT2D eigenvalue weighted by atomic mass is 9.53. The van der Waals surface area contributed by atoms with E-state index in [4.69, 9.17) is 19.2 Å². The number of hydrogen-bond donors (Lipinski definition) is 0. The molecule has 0 unspecified atom stereocenters. The van der Waals surface area contributed by atoms with E-state index in [9.17, 15) is 13.6 Å². The standard InChI is InChI=1S/C30H43NO7S/c1-39(33,34)28-8-12-31(32,13-9-28)14-15-35-27-4-2-23(3-5-27)24-6-10-29(11-7-24)36-30(38-37-29)25-17-21-16-22(19-25)20-26(30)18-21/h2-5,21-22,24-26,28H,6-20H2,1H3. The first-order chi connectivity index (χ1) is 18.6. The number of benzene rings is 1. The molecule has 0 aromatic heterocycles. The summed E-state index contributed by atoms with van der Waals surface area (Å²) in [4.78, 5) is 12.3. The van der Waals surface area contributed by atoms with Crippen LogP contribution in [0.3, 0.4) is 0 Å². The molecule has 9 heteroatoms. The zero-order chi connectivity index (χ0) is 26.9. The molecule has 7 aliphatic rings. The third-order valence-electron chi connectivity index (χ3n) is 11.1. The number of sulfone groups is 1. The van der Waals surface area contributed by atoms with Gasteiger partial charge in [-0.15, -0.1) is 0 Å². The van der Waals surface area contributed by atoms with Crippen molar-refractivity contribution in [3.8, 4) is 5.75 Å². The van der Waals surface area contributed by atoms with Gasteiger partial charge in [-0.2, -0.15) is 9.78 Å². The molecule has 2 saturated heterocycles. The number of nitrogens with zero attached hydrogens (tertiary/aromatic N) is 1. The van der Waals surface area contributed by atoms with Gasteiger partial charge in [0.25, 0.3) is 0 Å². The Hall–Kier alpha value is -1.23. The SMILES string of the molecule is CS(=O)(=O)C1CC[N+]([O-])(CCOc2ccc(C3CCC4(CC3)OOC3(O4)C4CC5CC(C4)CC3C5)cc2)CC1. The fourth-order valence-corrected chi connectivity index (χ4v) is 10.1. The minimum absolute atomic E-state index is 0.332. The van der Waals surface area contributed by atoms with Crippen molar-refractivity contribution in [2.24, 2.45) is 23.7 Å². The first-order valence-corrected chi connectivity index (χ1v) is 17.1. The molecule has 2 aliphatic heterocycles. The van der Waals surface area contributed by atoms with Gasteiger partial charge in [0, 0.05) is 43.8 Å². The van der Waals surface area contributed by atoms with E-state index in [0.29, 0.717) is 56.8 Å². The molecule has 0 atom stereocenters. The minimum Gasteiger partial charge on any atom is -0.633 e. The molecule has 2 spiro atoms. The highest BCUT2D eigenvalue weighted by Crippen LogP contribution is 2.64. The van der Waals surface area contributed by atoms with Crippen LogP contribution in [0.1, 0.15) is 82.1 Å². The van der Waals surface area contributed by atoms with Crippen LogP contribution in [0.5, 0.6) is 5.75 Å². The highest BCUT2D eigenvalue weighted by Gasteiger charge is 2.66. The Kier molecular flexibility index (Phi) is 6.61. The van der Waals surface area contributed by atoms with Crippen LogP contribution >= 0.6 is 0 Å². The molecule has 0 radical (unpaired) electrons. The molecule has 8 rings (SSSR count). The maximum absolute atomic E-state index is 13.0. The van der Waals surface area contributed by atoms with Crippen LogP contribution in [0.4, 0.5) is 0 Å². The molecule has 7 fully saturated rings. The predicted octanol–water partition coefficient (Wildman–Crippen LogP) is 5.07. The third kappa shape index (κ3) is 4.95. The number of likely N-dealkylation sites (tertiary alicyclic amines) is 1. The summed E-state index contributed by atoms with van der Waals surface area (Å²) in [5.74, 6) is 2.88. The van der Waals surface area contributed by atoms with Crippen molar-refractivity contribution < 1.29 is 32.3 Å². The van der Waals surface area contributed by atoms with Gasteiger partial charge in [0.2, 0.25) is 11.6 Å². The predicted molar refractivity (Wildman–Crippen MR) is 145 cm³/mol. The Morgan fingerprint density at radius 3 is 2.13 bits per heavy atom. The lowest BCUT2D eigenvalue weighted by Crippen LogP contribution is -2.59. The molecule has 8 nitrogen and oxygen atoms in total. The van der Waals surface area contributed by atoms with Gasteiger partial charge in [-0.25, -0.2) is 8.42 Å². The van der Waals surface area contributed by atoms with Gasteiger partial charge in [-0.3, -0.25) is 0 Å². The van der Waals surface area contributed by atoms with Gasteiger partial charge < -0.3 is 19.3 Å². The van der Waals surface area contributed by atoms with Crippen molar-refractivity contribution in [3.05, 3.63) is 35.0 Å². The second-order valence-corrected chi connectivity index (χ2v) is 16.0. The van der Waals surface area contributed by atoms with Crippen LogP contribution in [0.25, 0.3) is 0 Å². The van der Waals surface area contributed by atoms with Gasteiger partial charge >= 0.3 is 0 Å². The fraction of sp³-hybridized carbons (Fsp3) is 0.800. The van der Waals surface area contributed by atoms with Gasteiger partial charge in [-0.1, -0.05) is 12.1 Å². The third-order valence-corrected chi connectivity index (χ3v) is 12.8. The van der Waals surface area contributed by atoms with Crippen molar-refractivity contribution in [2.75, 3.05) is 32.5 Å². The first-order valence-electron chi connectivity index (χ1n) is 15.2. The summed E-state index contributed by atoms with van der Waals surface area (Å²) in [5.41, 5.74) is 1.30. The molecule has 5 saturated carbocycles. The smallest absolute Gasteiger partial charge is 0.210 e. The maximum Gasteiger partial charge on any atom is 0.210 e. The van der Waals surface area contributed by atoms with E-state index in [1.54, 1.807) is 0 Å².